The number of benzene rings is 2. The van der Waals surface area contributed by atoms with Gasteiger partial charge in [-0.15, -0.1) is 11.3 Å². The Labute approximate surface area is 205 Å². The highest BCUT2D eigenvalue weighted by Crippen LogP contribution is 2.32. The van der Waals surface area contributed by atoms with Gasteiger partial charge < -0.3 is 14.8 Å². The normalized spacial score (nSPS) is 12.3. The van der Waals surface area contributed by atoms with Gasteiger partial charge in [-0.3, -0.25) is 18.7 Å². The molecule has 0 spiro atoms. The standard InChI is InChI=1S/C26H25N3O5S/c1-17-4-2-5-19(12-17)15-29-20-9-11-35-24(20)25(31)28(26(29)32)10-3-6-23(30)27-14-18-7-8-21-22(13-18)34-16-33-21/h2,4-5,7-9,11-13H,3,6,10,14-16H2,1H3,(H,27,30). The van der Waals surface area contributed by atoms with Crippen LogP contribution in [0.1, 0.15) is 29.5 Å². The maximum Gasteiger partial charge on any atom is 0.331 e. The maximum absolute atomic E-state index is 13.3. The minimum atomic E-state index is -0.358. The highest BCUT2D eigenvalue weighted by molar-refractivity contribution is 7.17. The van der Waals surface area contributed by atoms with Crippen molar-refractivity contribution in [3.05, 3.63) is 91.4 Å². The summed E-state index contributed by atoms with van der Waals surface area (Å²) in [5, 5.41) is 4.70. The van der Waals surface area contributed by atoms with Crippen molar-refractivity contribution in [3.8, 4) is 11.5 Å². The van der Waals surface area contributed by atoms with E-state index in [2.05, 4.69) is 5.32 Å². The van der Waals surface area contributed by atoms with Crippen LogP contribution in [-0.2, 0) is 24.4 Å². The van der Waals surface area contributed by atoms with E-state index in [0.717, 1.165) is 16.7 Å². The Bertz CT molecular complexity index is 1520. The van der Waals surface area contributed by atoms with Crippen molar-refractivity contribution in [3.63, 3.8) is 0 Å². The molecule has 0 atom stereocenters. The van der Waals surface area contributed by atoms with E-state index in [0.29, 0.717) is 41.2 Å². The van der Waals surface area contributed by atoms with Gasteiger partial charge in [-0.2, -0.15) is 0 Å². The number of rotatable bonds is 8. The third-order valence-corrected chi connectivity index (χ3v) is 6.86. The van der Waals surface area contributed by atoms with Crippen LogP contribution < -0.4 is 26.0 Å². The van der Waals surface area contributed by atoms with E-state index < -0.39 is 0 Å². The predicted molar refractivity (Wildman–Crippen MR) is 134 cm³/mol. The van der Waals surface area contributed by atoms with E-state index in [-0.39, 0.29) is 36.9 Å². The lowest BCUT2D eigenvalue weighted by Gasteiger charge is -2.13. The van der Waals surface area contributed by atoms with Crippen LogP contribution in [0.4, 0.5) is 0 Å². The van der Waals surface area contributed by atoms with Crippen molar-refractivity contribution in [2.75, 3.05) is 6.79 Å². The molecule has 2 aromatic heterocycles. The number of hydrogen-bond acceptors (Lipinski definition) is 6. The van der Waals surface area contributed by atoms with Crippen LogP contribution in [0.5, 0.6) is 11.5 Å². The maximum atomic E-state index is 13.3. The average Bonchev–Trinajstić information content (AvgIpc) is 3.52. The summed E-state index contributed by atoms with van der Waals surface area (Å²) in [6, 6.07) is 15.3. The minimum Gasteiger partial charge on any atom is -0.454 e. The van der Waals surface area contributed by atoms with Gasteiger partial charge >= 0.3 is 5.69 Å². The molecule has 0 radical (unpaired) electrons. The summed E-state index contributed by atoms with van der Waals surface area (Å²) in [6.07, 6.45) is 0.584. The molecule has 35 heavy (non-hydrogen) atoms. The van der Waals surface area contributed by atoms with Crippen molar-refractivity contribution < 1.29 is 14.3 Å². The Morgan fingerprint density at radius 3 is 2.74 bits per heavy atom. The molecular formula is C26H25N3O5S. The van der Waals surface area contributed by atoms with Gasteiger partial charge in [-0.25, -0.2) is 4.79 Å². The van der Waals surface area contributed by atoms with Gasteiger partial charge in [0.2, 0.25) is 12.7 Å². The monoisotopic (exact) mass is 491 g/mol. The lowest BCUT2D eigenvalue weighted by atomic mass is 10.1. The number of carbonyl (C=O) groups is 1. The molecule has 0 unspecified atom stereocenters. The smallest absolute Gasteiger partial charge is 0.331 e. The summed E-state index contributed by atoms with van der Waals surface area (Å²) >= 11 is 1.33. The van der Waals surface area contributed by atoms with E-state index in [9.17, 15) is 14.4 Å². The van der Waals surface area contributed by atoms with Crippen LogP contribution in [0.3, 0.4) is 0 Å². The zero-order valence-electron chi connectivity index (χ0n) is 19.3. The van der Waals surface area contributed by atoms with Gasteiger partial charge in [-0.1, -0.05) is 35.9 Å². The molecule has 9 heteroatoms. The number of thiophene rings is 1. The first-order chi connectivity index (χ1) is 17.0. The third kappa shape index (κ3) is 4.85. The Morgan fingerprint density at radius 2 is 1.89 bits per heavy atom. The number of ether oxygens (including phenoxy) is 2. The van der Waals surface area contributed by atoms with Crippen molar-refractivity contribution in [1.29, 1.82) is 0 Å². The summed E-state index contributed by atoms with van der Waals surface area (Å²) in [6.45, 7) is 3.13. The number of aromatic nitrogens is 2. The predicted octanol–water partition coefficient (Wildman–Crippen LogP) is 3.41. The van der Waals surface area contributed by atoms with Crippen molar-refractivity contribution in [2.24, 2.45) is 0 Å². The average molecular weight is 492 g/mol. The largest absolute Gasteiger partial charge is 0.454 e. The summed E-state index contributed by atoms with van der Waals surface area (Å²) in [7, 11) is 0. The number of carbonyl (C=O) groups excluding carboxylic acids is 1. The van der Waals surface area contributed by atoms with Crippen LogP contribution in [0.25, 0.3) is 10.2 Å². The van der Waals surface area contributed by atoms with Gasteiger partial charge in [0, 0.05) is 19.5 Å². The van der Waals surface area contributed by atoms with Crippen LogP contribution in [-0.4, -0.2) is 21.8 Å². The van der Waals surface area contributed by atoms with E-state index in [1.165, 1.54) is 15.9 Å². The fourth-order valence-corrected chi connectivity index (χ4v) is 5.06. The second-order valence-corrected chi connectivity index (χ2v) is 9.43. The molecule has 1 amide bonds. The Kier molecular flexibility index (Phi) is 6.41. The zero-order chi connectivity index (χ0) is 24.4. The van der Waals surface area contributed by atoms with Gasteiger partial charge in [0.05, 0.1) is 12.1 Å². The Morgan fingerprint density at radius 1 is 1.03 bits per heavy atom. The molecule has 1 aliphatic heterocycles. The van der Waals surface area contributed by atoms with Crippen molar-refractivity contribution in [2.45, 2.75) is 39.4 Å². The molecule has 2 aromatic carbocycles. The molecule has 0 fully saturated rings. The molecule has 1 N–H and O–H groups in total. The van der Waals surface area contributed by atoms with Gasteiger partial charge in [0.25, 0.3) is 5.56 Å². The van der Waals surface area contributed by atoms with E-state index in [1.807, 2.05) is 60.8 Å². The van der Waals surface area contributed by atoms with E-state index in [4.69, 9.17) is 9.47 Å². The number of aryl methyl sites for hydroxylation is 1. The molecular weight excluding hydrogens is 466 g/mol. The molecule has 0 saturated heterocycles. The number of amides is 1. The van der Waals surface area contributed by atoms with Gasteiger partial charge in [-0.05, 0) is 48.1 Å². The fraction of sp³-hybridized carbons (Fsp3) is 0.269. The topological polar surface area (TPSA) is 91.6 Å². The molecule has 180 valence electrons. The van der Waals surface area contributed by atoms with Crippen LogP contribution in [0.15, 0.2) is 63.5 Å². The van der Waals surface area contributed by atoms with Gasteiger partial charge in [0.1, 0.15) is 4.70 Å². The van der Waals surface area contributed by atoms with Crippen LogP contribution in [0.2, 0.25) is 0 Å². The summed E-state index contributed by atoms with van der Waals surface area (Å²) in [5.74, 6) is 1.22. The SMILES string of the molecule is Cc1cccc(Cn2c(=O)n(CCCC(=O)NCc3ccc4c(c3)OCO4)c(=O)c3sccc32)c1. The Hall–Kier alpha value is -3.85. The van der Waals surface area contributed by atoms with E-state index >= 15 is 0 Å². The highest BCUT2D eigenvalue weighted by Gasteiger charge is 2.16. The fourth-order valence-electron chi connectivity index (χ4n) is 4.21. The molecule has 8 nitrogen and oxygen atoms in total. The minimum absolute atomic E-state index is 0.145. The number of hydrogen-bond donors (Lipinski definition) is 1. The van der Waals surface area contributed by atoms with Crippen LogP contribution in [0, 0.1) is 6.92 Å². The summed E-state index contributed by atoms with van der Waals surface area (Å²) in [4.78, 5) is 38.6. The molecule has 5 rings (SSSR count). The van der Waals surface area contributed by atoms with Crippen LogP contribution >= 0.6 is 11.3 Å². The zero-order valence-corrected chi connectivity index (χ0v) is 20.1. The first-order valence-corrected chi connectivity index (χ1v) is 12.3. The number of nitrogens with zero attached hydrogens (tertiary/aromatic N) is 2. The van der Waals surface area contributed by atoms with Gasteiger partial charge in [0.15, 0.2) is 11.5 Å². The lowest BCUT2D eigenvalue weighted by Crippen LogP contribution is -2.40. The quantitative estimate of drug-likeness (QED) is 0.408. The Balaban J connectivity index is 1.26. The summed E-state index contributed by atoms with van der Waals surface area (Å²) in [5.41, 5.74) is 2.99. The first kappa shape index (κ1) is 22.9. The molecule has 0 aliphatic carbocycles. The second kappa shape index (κ2) is 9.79. The second-order valence-electron chi connectivity index (χ2n) is 8.52. The number of fused-ring (bicyclic) bond motifs is 2. The number of nitrogens with one attached hydrogen (secondary N) is 1. The van der Waals surface area contributed by atoms with Crippen molar-refractivity contribution >= 4 is 27.5 Å². The molecule has 0 bridgehead atoms. The third-order valence-electron chi connectivity index (χ3n) is 5.97. The highest BCUT2D eigenvalue weighted by atomic mass is 32.1. The molecule has 3 heterocycles. The molecule has 1 aliphatic rings. The lowest BCUT2D eigenvalue weighted by molar-refractivity contribution is -0.121. The molecule has 4 aromatic rings. The molecule has 0 saturated carbocycles. The summed E-state index contributed by atoms with van der Waals surface area (Å²) < 4.78 is 14.1. The van der Waals surface area contributed by atoms with Crippen molar-refractivity contribution in [1.82, 2.24) is 14.5 Å². The first-order valence-electron chi connectivity index (χ1n) is 11.4. The van der Waals surface area contributed by atoms with E-state index in [1.54, 1.807) is 4.57 Å².